The Labute approximate surface area is 187 Å². The van der Waals surface area contributed by atoms with Crippen molar-refractivity contribution in [1.82, 2.24) is 0 Å². The molecular formula is C24H32ClF3O3. The van der Waals surface area contributed by atoms with Gasteiger partial charge in [0.05, 0.1) is 18.3 Å². The molecule has 8 atom stereocenters. The largest absolute Gasteiger partial charge is 0.498 e. The summed E-state index contributed by atoms with van der Waals surface area (Å²) in [5, 5.41) is -0.235. The molecular weight excluding hydrogens is 429 g/mol. The lowest BCUT2D eigenvalue weighted by atomic mass is 9.63. The number of ether oxygens (including phenoxy) is 2. The van der Waals surface area contributed by atoms with Crippen LogP contribution in [0.3, 0.4) is 0 Å². The number of allylic oxidation sites excluding steroid dienone is 2. The number of rotatable bonds is 5. The van der Waals surface area contributed by atoms with Gasteiger partial charge in [-0.25, -0.2) is 4.79 Å². The van der Waals surface area contributed by atoms with Crippen molar-refractivity contribution in [3.63, 3.8) is 0 Å². The zero-order chi connectivity index (χ0) is 22.8. The summed E-state index contributed by atoms with van der Waals surface area (Å²) in [6.45, 7) is 10.7. The van der Waals surface area contributed by atoms with Crippen LogP contribution in [0.1, 0.15) is 59.3 Å². The first kappa shape index (κ1) is 23.0. The highest BCUT2D eigenvalue weighted by molar-refractivity contribution is 6.20. The van der Waals surface area contributed by atoms with E-state index in [2.05, 4.69) is 33.4 Å². The zero-order valence-corrected chi connectivity index (χ0v) is 19.2. The van der Waals surface area contributed by atoms with Crippen molar-refractivity contribution in [3.8, 4) is 0 Å². The van der Waals surface area contributed by atoms with Crippen molar-refractivity contribution in [2.24, 2.45) is 34.5 Å². The number of fused-ring (bicyclic) bond motifs is 3. The van der Waals surface area contributed by atoms with Crippen molar-refractivity contribution in [1.29, 1.82) is 0 Å². The number of hydrogen-bond donors (Lipinski definition) is 0. The number of halogens is 4. The molecule has 0 radical (unpaired) electrons. The molecule has 0 N–H and O–H groups in total. The molecule has 1 aliphatic heterocycles. The molecule has 1 heterocycles. The van der Waals surface area contributed by atoms with Crippen molar-refractivity contribution < 1.29 is 27.4 Å². The van der Waals surface area contributed by atoms with Crippen LogP contribution in [0.15, 0.2) is 24.0 Å². The molecule has 0 aromatic rings. The molecule has 0 spiro atoms. The minimum atomic E-state index is -4.16. The summed E-state index contributed by atoms with van der Waals surface area (Å²) in [6, 6.07) is 0. The van der Waals surface area contributed by atoms with Gasteiger partial charge < -0.3 is 9.47 Å². The van der Waals surface area contributed by atoms with E-state index in [0.29, 0.717) is 25.0 Å². The molecule has 174 valence electrons. The van der Waals surface area contributed by atoms with E-state index < -0.39 is 12.1 Å². The summed E-state index contributed by atoms with van der Waals surface area (Å²) in [5.74, 6) is -0.810. The topological polar surface area (TPSA) is 35.5 Å². The van der Waals surface area contributed by atoms with Gasteiger partial charge in [-0.2, -0.15) is 13.2 Å². The van der Waals surface area contributed by atoms with Crippen molar-refractivity contribution in [3.05, 3.63) is 24.0 Å². The number of carbonyl (C=O) groups is 1. The molecule has 2 saturated carbocycles. The lowest BCUT2D eigenvalue weighted by Gasteiger charge is -2.42. The summed E-state index contributed by atoms with van der Waals surface area (Å²) >= 11 is 6.36. The fraction of sp³-hybridized carbons (Fsp3) is 0.792. The second-order valence-electron chi connectivity index (χ2n) is 10.2. The van der Waals surface area contributed by atoms with Gasteiger partial charge in [0.2, 0.25) is 0 Å². The highest BCUT2D eigenvalue weighted by Gasteiger charge is 2.70. The van der Waals surface area contributed by atoms with Crippen LogP contribution in [0.2, 0.25) is 0 Å². The quantitative estimate of drug-likeness (QED) is 0.270. The van der Waals surface area contributed by atoms with E-state index in [1.807, 2.05) is 0 Å². The highest BCUT2D eigenvalue weighted by Crippen LogP contribution is 2.70. The van der Waals surface area contributed by atoms with E-state index in [-0.39, 0.29) is 58.9 Å². The van der Waals surface area contributed by atoms with Gasteiger partial charge in [-0.3, -0.25) is 0 Å². The lowest BCUT2D eigenvalue weighted by Crippen LogP contribution is -2.43. The molecule has 1 saturated heterocycles. The Morgan fingerprint density at radius 1 is 1.35 bits per heavy atom. The fourth-order valence-corrected chi connectivity index (χ4v) is 7.16. The van der Waals surface area contributed by atoms with Gasteiger partial charge in [-0.05, 0) is 50.5 Å². The first-order valence-corrected chi connectivity index (χ1v) is 11.8. The van der Waals surface area contributed by atoms with Gasteiger partial charge in [0, 0.05) is 33.6 Å². The predicted molar refractivity (Wildman–Crippen MR) is 112 cm³/mol. The Kier molecular flexibility index (Phi) is 5.72. The number of alkyl halides is 4. The molecule has 0 amide bonds. The average molecular weight is 461 g/mol. The second kappa shape index (κ2) is 7.71. The third-order valence-electron chi connectivity index (χ3n) is 9.04. The van der Waals surface area contributed by atoms with Crippen LogP contribution in [0.5, 0.6) is 0 Å². The number of carbonyl (C=O) groups excluding carboxylic acids is 1. The monoisotopic (exact) mass is 460 g/mol. The van der Waals surface area contributed by atoms with Crippen LogP contribution in [0.25, 0.3) is 0 Å². The van der Waals surface area contributed by atoms with E-state index in [9.17, 15) is 18.0 Å². The van der Waals surface area contributed by atoms with Crippen LogP contribution >= 0.6 is 11.6 Å². The maximum Gasteiger partial charge on any atom is 0.391 e. The van der Waals surface area contributed by atoms with Crippen molar-refractivity contribution >= 4 is 17.6 Å². The van der Waals surface area contributed by atoms with Crippen LogP contribution in [-0.4, -0.2) is 30.2 Å². The maximum absolute atomic E-state index is 13.2. The van der Waals surface area contributed by atoms with Gasteiger partial charge in [0.15, 0.2) is 0 Å². The summed E-state index contributed by atoms with van der Waals surface area (Å²) in [5.41, 5.74) is 0.154. The normalized spacial score (nSPS) is 44.7. The van der Waals surface area contributed by atoms with Gasteiger partial charge in [0.1, 0.15) is 6.10 Å². The minimum absolute atomic E-state index is 0.0382. The standard InChI is InChI=1S/C24H32ClF3O3/c1-5-23-11-17-13(2)21(29)31-20(17)22(23,4)14(3)19(12-23)30-9-8-15-10-16(24(26,27)28)6-7-18(15)25/h12,14-18,20H,2,5-11H2,1,3-4H3/t14?,15?,16?,17-,18?,20+,22+,23-/m0/s1. The summed E-state index contributed by atoms with van der Waals surface area (Å²) in [6.07, 6.45) is 0.646. The predicted octanol–water partition coefficient (Wildman–Crippen LogP) is 6.42. The summed E-state index contributed by atoms with van der Waals surface area (Å²) < 4.78 is 51.4. The first-order valence-electron chi connectivity index (χ1n) is 11.4. The van der Waals surface area contributed by atoms with E-state index in [4.69, 9.17) is 21.1 Å². The Bertz CT molecular complexity index is 793. The molecule has 31 heavy (non-hydrogen) atoms. The Hall–Kier alpha value is -1.17. The molecule has 3 aliphatic carbocycles. The SMILES string of the molecule is C=C1C(=O)O[C@@H]2[C@H]1C[C@@]1(CC)C=C(OCCC3CC(C(F)(F)F)CCC3Cl)C(C)[C@]21C. The Morgan fingerprint density at radius 3 is 2.71 bits per heavy atom. The molecule has 0 aromatic carbocycles. The molecule has 4 aliphatic rings. The molecule has 4 unspecified atom stereocenters. The zero-order valence-electron chi connectivity index (χ0n) is 18.4. The Morgan fingerprint density at radius 2 is 2.06 bits per heavy atom. The number of hydrogen-bond acceptors (Lipinski definition) is 3. The molecule has 3 fully saturated rings. The smallest absolute Gasteiger partial charge is 0.391 e. The molecule has 0 aromatic heterocycles. The number of esters is 1. The van der Waals surface area contributed by atoms with Gasteiger partial charge >= 0.3 is 12.1 Å². The third-order valence-corrected chi connectivity index (χ3v) is 9.62. The minimum Gasteiger partial charge on any atom is -0.498 e. The van der Waals surface area contributed by atoms with Crippen LogP contribution in [0, 0.1) is 34.5 Å². The van der Waals surface area contributed by atoms with Crippen molar-refractivity contribution in [2.45, 2.75) is 77.0 Å². The van der Waals surface area contributed by atoms with Gasteiger partial charge in [-0.15, -0.1) is 11.6 Å². The highest BCUT2D eigenvalue weighted by atomic mass is 35.5. The van der Waals surface area contributed by atoms with Crippen LogP contribution < -0.4 is 0 Å². The van der Waals surface area contributed by atoms with E-state index in [0.717, 1.165) is 18.6 Å². The molecule has 7 heteroatoms. The first-order chi connectivity index (χ1) is 14.4. The molecule has 3 nitrogen and oxygen atoms in total. The van der Waals surface area contributed by atoms with Crippen molar-refractivity contribution in [2.75, 3.05) is 6.61 Å². The summed E-state index contributed by atoms with van der Waals surface area (Å²) in [7, 11) is 0. The molecule has 0 bridgehead atoms. The van der Waals surface area contributed by atoms with E-state index in [1.165, 1.54) is 0 Å². The third kappa shape index (κ3) is 3.43. The second-order valence-corrected chi connectivity index (χ2v) is 10.7. The van der Waals surface area contributed by atoms with E-state index >= 15 is 0 Å². The Balaban J connectivity index is 1.43. The molecule has 4 rings (SSSR count). The average Bonchev–Trinajstić information content (AvgIpc) is 3.20. The van der Waals surface area contributed by atoms with Crippen LogP contribution in [-0.2, 0) is 14.3 Å². The van der Waals surface area contributed by atoms with Gasteiger partial charge in [-0.1, -0.05) is 27.4 Å². The van der Waals surface area contributed by atoms with Crippen LogP contribution in [0.4, 0.5) is 13.2 Å². The lowest BCUT2D eigenvalue weighted by molar-refractivity contribution is -0.185. The fourth-order valence-electron chi connectivity index (χ4n) is 6.80. The maximum atomic E-state index is 13.2. The summed E-state index contributed by atoms with van der Waals surface area (Å²) in [4.78, 5) is 12.1. The van der Waals surface area contributed by atoms with Gasteiger partial charge in [0.25, 0.3) is 0 Å². The van der Waals surface area contributed by atoms with E-state index in [1.54, 1.807) is 0 Å².